The van der Waals surface area contributed by atoms with Crippen LogP contribution in [0.15, 0.2) is 18.2 Å². The average Bonchev–Trinajstić information content (AvgIpc) is 2.27. The van der Waals surface area contributed by atoms with E-state index in [-0.39, 0.29) is 5.82 Å². The molecule has 1 aliphatic carbocycles. The molecule has 16 heavy (non-hydrogen) atoms. The third-order valence-electron chi connectivity index (χ3n) is 3.50. The summed E-state index contributed by atoms with van der Waals surface area (Å²) in [5.74, 6) is 1.08. The van der Waals surface area contributed by atoms with Gasteiger partial charge in [-0.05, 0) is 49.9 Å². The Kier molecular flexibility index (Phi) is 3.44. The highest BCUT2D eigenvalue weighted by molar-refractivity contribution is 5.34. The van der Waals surface area contributed by atoms with Crippen molar-refractivity contribution < 1.29 is 9.13 Å². The summed E-state index contributed by atoms with van der Waals surface area (Å²) in [6.07, 6.45) is 2.26. The number of ether oxygens (including phenoxy) is 1. The molecule has 2 atom stereocenters. The first-order valence-electron chi connectivity index (χ1n) is 5.75. The Labute approximate surface area is 95.8 Å². The van der Waals surface area contributed by atoms with Crippen LogP contribution in [0.5, 0.6) is 5.75 Å². The molecule has 1 N–H and O–H groups in total. The van der Waals surface area contributed by atoms with Crippen molar-refractivity contribution in [3.8, 4) is 5.75 Å². The van der Waals surface area contributed by atoms with Gasteiger partial charge < -0.3 is 10.1 Å². The second kappa shape index (κ2) is 4.83. The second-order valence-corrected chi connectivity index (χ2v) is 4.37. The highest BCUT2D eigenvalue weighted by Crippen LogP contribution is 2.44. The summed E-state index contributed by atoms with van der Waals surface area (Å²) >= 11 is 0. The van der Waals surface area contributed by atoms with Gasteiger partial charge in [0.2, 0.25) is 0 Å². The Balaban J connectivity index is 2.20. The summed E-state index contributed by atoms with van der Waals surface area (Å²) in [6, 6.07) is 5.42. The van der Waals surface area contributed by atoms with Gasteiger partial charge in [-0.3, -0.25) is 0 Å². The third-order valence-corrected chi connectivity index (χ3v) is 3.50. The first-order valence-corrected chi connectivity index (χ1v) is 5.75. The summed E-state index contributed by atoms with van der Waals surface area (Å²) < 4.78 is 19.0. The van der Waals surface area contributed by atoms with Gasteiger partial charge in [0.25, 0.3) is 0 Å². The predicted octanol–water partition coefficient (Wildman–Crippen LogP) is 2.55. The van der Waals surface area contributed by atoms with Crippen LogP contribution in [0, 0.1) is 11.7 Å². The molecular formula is C13H18FNO. The van der Waals surface area contributed by atoms with Gasteiger partial charge in [-0.25, -0.2) is 4.39 Å². The minimum atomic E-state index is -0.184. The molecule has 0 aromatic heterocycles. The molecule has 1 aliphatic rings. The first-order chi connectivity index (χ1) is 7.77. The van der Waals surface area contributed by atoms with Crippen molar-refractivity contribution in [1.82, 2.24) is 5.32 Å². The van der Waals surface area contributed by atoms with E-state index in [0.717, 1.165) is 18.5 Å². The Morgan fingerprint density at radius 1 is 1.44 bits per heavy atom. The van der Waals surface area contributed by atoms with Crippen LogP contribution < -0.4 is 10.1 Å². The second-order valence-electron chi connectivity index (χ2n) is 4.37. The van der Waals surface area contributed by atoms with E-state index in [4.69, 9.17) is 4.74 Å². The number of hydrogen-bond donors (Lipinski definition) is 1. The lowest BCUT2D eigenvalue weighted by atomic mass is 9.70. The van der Waals surface area contributed by atoms with Crippen LogP contribution in [0.4, 0.5) is 4.39 Å². The van der Waals surface area contributed by atoms with Gasteiger partial charge in [-0.1, -0.05) is 12.1 Å². The number of benzene rings is 1. The van der Waals surface area contributed by atoms with Gasteiger partial charge in [-0.2, -0.15) is 0 Å². The van der Waals surface area contributed by atoms with Crippen LogP contribution in [0.3, 0.4) is 0 Å². The molecule has 1 aromatic carbocycles. The monoisotopic (exact) mass is 223 g/mol. The molecule has 1 saturated carbocycles. The summed E-state index contributed by atoms with van der Waals surface area (Å²) in [4.78, 5) is 0. The molecule has 1 fully saturated rings. The van der Waals surface area contributed by atoms with Crippen molar-refractivity contribution in [3.05, 3.63) is 29.6 Å². The number of rotatable bonds is 4. The zero-order valence-electron chi connectivity index (χ0n) is 9.79. The summed E-state index contributed by atoms with van der Waals surface area (Å²) in [5.41, 5.74) is 0.811. The lowest BCUT2D eigenvalue weighted by Gasteiger charge is -2.37. The van der Waals surface area contributed by atoms with E-state index in [2.05, 4.69) is 5.32 Å². The van der Waals surface area contributed by atoms with E-state index in [0.29, 0.717) is 17.6 Å². The highest BCUT2D eigenvalue weighted by Gasteiger charge is 2.33. The molecule has 0 bridgehead atoms. The highest BCUT2D eigenvalue weighted by atomic mass is 19.1. The molecular weight excluding hydrogens is 205 g/mol. The minimum Gasteiger partial charge on any atom is -0.494 e. The quantitative estimate of drug-likeness (QED) is 0.847. The zero-order valence-corrected chi connectivity index (χ0v) is 9.79. The maximum absolute atomic E-state index is 14.0. The summed E-state index contributed by atoms with van der Waals surface area (Å²) in [7, 11) is 3.45. The molecule has 2 nitrogen and oxygen atoms in total. The van der Waals surface area contributed by atoms with E-state index in [1.165, 1.54) is 13.5 Å². The molecule has 0 heterocycles. The van der Waals surface area contributed by atoms with Gasteiger partial charge in [0.15, 0.2) is 11.6 Å². The van der Waals surface area contributed by atoms with Crippen molar-refractivity contribution in [1.29, 1.82) is 0 Å². The first kappa shape index (κ1) is 11.4. The Morgan fingerprint density at radius 2 is 2.25 bits per heavy atom. The fraction of sp³-hybridized carbons (Fsp3) is 0.538. The molecule has 1 aromatic rings. The van der Waals surface area contributed by atoms with E-state index in [1.807, 2.05) is 19.2 Å². The van der Waals surface area contributed by atoms with Crippen LogP contribution in [0.25, 0.3) is 0 Å². The Hall–Kier alpha value is -1.09. The zero-order chi connectivity index (χ0) is 11.5. The topological polar surface area (TPSA) is 21.3 Å². The van der Waals surface area contributed by atoms with E-state index in [1.54, 1.807) is 6.07 Å². The molecule has 3 heteroatoms. The maximum atomic E-state index is 14.0. The summed E-state index contributed by atoms with van der Waals surface area (Å²) in [5, 5.41) is 3.16. The lowest BCUT2D eigenvalue weighted by Crippen LogP contribution is -2.32. The normalized spacial score (nSPS) is 23.9. The maximum Gasteiger partial charge on any atom is 0.168 e. The smallest absolute Gasteiger partial charge is 0.168 e. The minimum absolute atomic E-state index is 0.184. The Bertz CT molecular complexity index is 367. The van der Waals surface area contributed by atoms with Gasteiger partial charge in [0, 0.05) is 0 Å². The number of halogens is 1. The van der Waals surface area contributed by atoms with Crippen molar-refractivity contribution in [2.45, 2.75) is 18.8 Å². The van der Waals surface area contributed by atoms with Crippen molar-refractivity contribution in [3.63, 3.8) is 0 Å². The van der Waals surface area contributed by atoms with Gasteiger partial charge >= 0.3 is 0 Å². The van der Waals surface area contributed by atoms with Crippen molar-refractivity contribution in [2.75, 3.05) is 20.7 Å². The molecule has 0 aliphatic heterocycles. The number of nitrogens with one attached hydrogen (secondary N) is 1. The third kappa shape index (κ3) is 1.92. The number of methoxy groups -OCH3 is 1. The largest absolute Gasteiger partial charge is 0.494 e. The molecule has 0 radical (unpaired) electrons. The van der Waals surface area contributed by atoms with Crippen molar-refractivity contribution in [2.24, 2.45) is 5.92 Å². The predicted molar refractivity (Wildman–Crippen MR) is 62.3 cm³/mol. The van der Waals surface area contributed by atoms with Crippen LogP contribution in [-0.2, 0) is 0 Å². The van der Waals surface area contributed by atoms with Gasteiger partial charge in [-0.15, -0.1) is 0 Å². The summed E-state index contributed by atoms with van der Waals surface area (Å²) in [6.45, 7) is 0.960. The van der Waals surface area contributed by atoms with E-state index < -0.39 is 0 Å². The molecule has 0 spiro atoms. The fourth-order valence-corrected chi connectivity index (χ4v) is 2.46. The van der Waals surface area contributed by atoms with Crippen molar-refractivity contribution >= 4 is 0 Å². The molecule has 0 amide bonds. The van der Waals surface area contributed by atoms with Crippen LogP contribution in [0.2, 0.25) is 0 Å². The SMILES string of the molecule is CNCC1CCC1c1cccc(OC)c1F. The van der Waals surface area contributed by atoms with E-state index in [9.17, 15) is 4.39 Å². The average molecular weight is 223 g/mol. The molecule has 2 rings (SSSR count). The van der Waals surface area contributed by atoms with Crippen LogP contribution in [-0.4, -0.2) is 20.7 Å². The Morgan fingerprint density at radius 3 is 2.81 bits per heavy atom. The number of hydrogen-bond acceptors (Lipinski definition) is 2. The van der Waals surface area contributed by atoms with Gasteiger partial charge in [0.1, 0.15) is 0 Å². The van der Waals surface area contributed by atoms with Gasteiger partial charge in [0.05, 0.1) is 7.11 Å². The molecule has 0 saturated heterocycles. The van der Waals surface area contributed by atoms with Crippen LogP contribution in [0.1, 0.15) is 24.3 Å². The standard InChI is InChI=1S/C13H18FNO/c1-15-8-9-6-7-10(9)11-4-3-5-12(16-2)13(11)14/h3-5,9-10,15H,6-8H2,1-2H3. The lowest BCUT2D eigenvalue weighted by molar-refractivity contribution is 0.243. The van der Waals surface area contributed by atoms with Crippen LogP contribution >= 0.6 is 0 Å². The molecule has 2 unspecified atom stereocenters. The fourth-order valence-electron chi connectivity index (χ4n) is 2.46. The van der Waals surface area contributed by atoms with E-state index >= 15 is 0 Å². The molecule has 88 valence electrons.